The number of aryl methyl sites for hydroxylation is 2. The quantitative estimate of drug-likeness (QED) is 0.213. The van der Waals surface area contributed by atoms with Crippen molar-refractivity contribution in [2.75, 3.05) is 6.61 Å². The zero-order valence-electron chi connectivity index (χ0n) is 23.8. The summed E-state index contributed by atoms with van der Waals surface area (Å²) < 4.78 is 9.32. The maximum Gasteiger partial charge on any atom is 0.124 e. The molecule has 0 aliphatic heterocycles. The van der Waals surface area contributed by atoms with Crippen LogP contribution in [-0.2, 0) is 11.8 Å². The summed E-state index contributed by atoms with van der Waals surface area (Å²) in [5.74, 6) is 0. The third kappa shape index (κ3) is 5.41. The SMILES string of the molecule is Cc1cc2nc(-c3cccc(-c4ccc5c(cnn5C)c4)c3)sc2c(-c2ccc(Cl)cc2)c1C(CO)OC(C)(C)C. The minimum atomic E-state index is -0.485. The average Bonchev–Trinajstić information content (AvgIpc) is 3.54. The van der Waals surface area contributed by atoms with E-state index < -0.39 is 11.7 Å². The Morgan fingerprint density at radius 1 is 0.951 bits per heavy atom. The van der Waals surface area contributed by atoms with E-state index in [1.54, 1.807) is 11.3 Å². The van der Waals surface area contributed by atoms with Crippen molar-refractivity contribution in [1.29, 1.82) is 0 Å². The van der Waals surface area contributed by atoms with E-state index in [0.29, 0.717) is 5.02 Å². The fourth-order valence-electron chi connectivity index (χ4n) is 5.44. The number of hydrogen-bond donors (Lipinski definition) is 1. The van der Waals surface area contributed by atoms with Gasteiger partial charge in [-0.2, -0.15) is 5.10 Å². The van der Waals surface area contributed by atoms with Crippen LogP contribution in [0.15, 0.2) is 79.0 Å². The van der Waals surface area contributed by atoms with Crippen LogP contribution in [0.1, 0.15) is 38.0 Å². The van der Waals surface area contributed by atoms with Gasteiger partial charge in [-0.1, -0.05) is 48.0 Å². The van der Waals surface area contributed by atoms with Gasteiger partial charge in [0.05, 0.1) is 34.1 Å². The first kappa shape index (κ1) is 27.6. The standard InChI is InChI=1S/C34H32ClN3O2S/c1-20-15-27-32(31(21-9-12-26(35)13-10-21)30(20)29(19-39)40-34(2,3)4)41-33(37-27)24-8-6-7-22(16-24)23-11-14-28-25(17-23)18-36-38(28)5/h6-18,29,39H,19H2,1-5H3. The summed E-state index contributed by atoms with van der Waals surface area (Å²) in [6.45, 7) is 7.97. The van der Waals surface area contributed by atoms with Crippen LogP contribution in [0.2, 0.25) is 5.02 Å². The zero-order valence-corrected chi connectivity index (χ0v) is 25.3. The molecule has 6 rings (SSSR count). The first-order valence-electron chi connectivity index (χ1n) is 13.6. The van der Waals surface area contributed by atoms with Crippen molar-refractivity contribution >= 4 is 44.1 Å². The van der Waals surface area contributed by atoms with Crippen molar-refractivity contribution < 1.29 is 9.84 Å². The van der Waals surface area contributed by atoms with Crippen LogP contribution in [0.5, 0.6) is 0 Å². The molecule has 0 saturated carbocycles. The fraction of sp³-hybridized carbons (Fsp3) is 0.235. The lowest BCUT2D eigenvalue weighted by atomic mass is 9.91. The van der Waals surface area contributed by atoms with Crippen LogP contribution in [0, 0.1) is 6.92 Å². The molecule has 1 N–H and O–H groups in total. The minimum Gasteiger partial charge on any atom is -0.393 e. The molecule has 0 aliphatic carbocycles. The van der Waals surface area contributed by atoms with Gasteiger partial charge in [0.1, 0.15) is 11.1 Å². The first-order valence-corrected chi connectivity index (χ1v) is 14.8. The summed E-state index contributed by atoms with van der Waals surface area (Å²) >= 11 is 7.93. The number of aromatic nitrogens is 3. The molecular weight excluding hydrogens is 550 g/mol. The lowest BCUT2D eigenvalue weighted by Gasteiger charge is -2.29. The lowest BCUT2D eigenvalue weighted by Crippen LogP contribution is -2.25. The number of thiazole rings is 1. The van der Waals surface area contributed by atoms with Crippen molar-refractivity contribution in [3.63, 3.8) is 0 Å². The van der Waals surface area contributed by atoms with Gasteiger partial charge in [-0.3, -0.25) is 4.68 Å². The van der Waals surface area contributed by atoms with Gasteiger partial charge in [-0.05, 0) is 91.9 Å². The second-order valence-corrected chi connectivity index (χ2v) is 12.8. The number of rotatable bonds is 6. The fourth-order valence-corrected chi connectivity index (χ4v) is 6.69. The number of nitrogens with zero attached hydrogens (tertiary/aromatic N) is 3. The first-order chi connectivity index (χ1) is 19.6. The summed E-state index contributed by atoms with van der Waals surface area (Å²) in [4.78, 5) is 5.11. The lowest BCUT2D eigenvalue weighted by molar-refractivity contribution is -0.0821. The van der Waals surface area contributed by atoms with Gasteiger partial charge >= 0.3 is 0 Å². The Labute approximate surface area is 249 Å². The van der Waals surface area contributed by atoms with Crippen LogP contribution in [0.3, 0.4) is 0 Å². The van der Waals surface area contributed by atoms with Gasteiger partial charge in [-0.15, -0.1) is 11.3 Å². The van der Waals surface area contributed by atoms with Crippen LogP contribution in [0.25, 0.3) is 53.9 Å². The van der Waals surface area contributed by atoms with E-state index >= 15 is 0 Å². The molecule has 1 atom stereocenters. The summed E-state index contributed by atoms with van der Waals surface area (Å²) in [6.07, 6.45) is 1.42. The average molecular weight is 582 g/mol. The second kappa shape index (κ2) is 10.7. The monoisotopic (exact) mass is 581 g/mol. The third-order valence-electron chi connectivity index (χ3n) is 7.23. The molecule has 1 unspecified atom stereocenters. The summed E-state index contributed by atoms with van der Waals surface area (Å²) in [7, 11) is 1.96. The Hall–Kier alpha value is -3.55. The topological polar surface area (TPSA) is 60.2 Å². The highest BCUT2D eigenvalue weighted by Gasteiger charge is 2.27. The van der Waals surface area contributed by atoms with Gasteiger partial charge < -0.3 is 9.84 Å². The minimum absolute atomic E-state index is 0.126. The van der Waals surface area contributed by atoms with Crippen molar-refractivity contribution in [2.24, 2.45) is 7.05 Å². The van der Waals surface area contributed by atoms with Crippen molar-refractivity contribution in [2.45, 2.75) is 39.4 Å². The molecule has 0 bridgehead atoms. The summed E-state index contributed by atoms with van der Waals surface area (Å²) in [6, 6.07) is 24.9. The van der Waals surface area contributed by atoms with Gasteiger partial charge in [0.15, 0.2) is 0 Å². The molecule has 41 heavy (non-hydrogen) atoms. The number of benzene rings is 4. The van der Waals surface area contributed by atoms with E-state index in [2.05, 4.69) is 60.6 Å². The molecule has 0 fully saturated rings. The zero-order chi connectivity index (χ0) is 28.9. The van der Waals surface area contributed by atoms with E-state index in [4.69, 9.17) is 21.3 Å². The van der Waals surface area contributed by atoms with E-state index in [0.717, 1.165) is 65.1 Å². The highest BCUT2D eigenvalue weighted by molar-refractivity contribution is 7.22. The van der Waals surface area contributed by atoms with Crippen molar-refractivity contribution in [1.82, 2.24) is 14.8 Å². The van der Waals surface area contributed by atoms with Gasteiger partial charge in [-0.25, -0.2) is 4.98 Å². The highest BCUT2D eigenvalue weighted by Crippen LogP contribution is 2.44. The molecule has 6 aromatic rings. The molecule has 0 amide bonds. The van der Waals surface area contributed by atoms with Crippen molar-refractivity contribution in [3.05, 3.63) is 95.1 Å². The molecule has 208 valence electrons. The normalized spacial score (nSPS) is 12.9. The Kier molecular flexibility index (Phi) is 7.20. The maximum atomic E-state index is 10.5. The summed E-state index contributed by atoms with van der Waals surface area (Å²) in [5.41, 5.74) is 8.97. The number of ether oxygens (including phenoxy) is 1. The molecular formula is C34H32ClN3O2S. The molecule has 2 aromatic heterocycles. The Balaban J connectivity index is 1.51. The molecule has 0 aliphatic rings. The molecule has 7 heteroatoms. The van der Waals surface area contributed by atoms with Crippen LogP contribution >= 0.6 is 22.9 Å². The number of hydrogen-bond acceptors (Lipinski definition) is 5. The largest absolute Gasteiger partial charge is 0.393 e. The van der Waals surface area contributed by atoms with Crippen LogP contribution < -0.4 is 0 Å². The molecule has 0 saturated heterocycles. The number of aliphatic hydroxyl groups is 1. The number of fused-ring (bicyclic) bond motifs is 2. The van der Waals surface area contributed by atoms with E-state index in [-0.39, 0.29) is 6.61 Å². The number of halogens is 1. The maximum absolute atomic E-state index is 10.5. The van der Waals surface area contributed by atoms with E-state index in [1.165, 1.54) is 0 Å². The second-order valence-electron chi connectivity index (χ2n) is 11.4. The van der Waals surface area contributed by atoms with Crippen molar-refractivity contribution in [3.8, 4) is 32.8 Å². The smallest absolute Gasteiger partial charge is 0.124 e. The molecule has 5 nitrogen and oxygen atoms in total. The highest BCUT2D eigenvalue weighted by atomic mass is 35.5. The number of aliphatic hydroxyl groups excluding tert-OH is 1. The van der Waals surface area contributed by atoms with Gasteiger partial charge in [0, 0.05) is 28.6 Å². The molecule has 4 aromatic carbocycles. The van der Waals surface area contributed by atoms with E-state index in [1.807, 2.05) is 63.0 Å². The molecule has 2 heterocycles. The van der Waals surface area contributed by atoms with Gasteiger partial charge in [0.2, 0.25) is 0 Å². The predicted octanol–water partition coefficient (Wildman–Crippen LogP) is 8.99. The Bertz CT molecular complexity index is 1880. The van der Waals surface area contributed by atoms with Gasteiger partial charge in [0.25, 0.3) is 0 Å². The molecule has 0 radical (unpaired) electrons. The Morgan fingerprint density at radius 2 is 1.66 bits per heavy atom. The third-order valence-corrected chi connectivity index (χ3v) is 8.62. The van der Waals surface area contributed by atoms with Crippen LogP contribution in [0.4, 0.5) is 0 Å². The van der Waals surface area contributed by atoms with Crippen LogP contribution in [-0.4, -0.2) is 32.1 Å². The van der Waals surface area contributed by atoms with E-state index in [9.17, 15) is 5.11 Å². The summed E-state index contributed by atoms with van der Waals surface area (Å²) in [5, 5.41) is 17.6. The molecule has 0 spiro atoms. The predicted molar refractivity (Wildman–Crippen MR) is 171 cm³/mol. The Morgan fingerprint density at radius 3 is 2.39 bits per heavy atom.